The SMILES string of the molecule is c1ccc(-c2cc(-c3ccc(-c4ccc(-c5nc6ccccc6c6sc(-c7ccccn7)c(-c7ccccn7)c56)cc4)cc3)nc(-c3ccccc3)n2)cc1. The van der Waals surface area contributed by atoms with E-state index in [0.29, 0.717) is 5.82 Å². The third-order valence-electron chi connectivity index (χ3n) is 9.84. The third kappa shape index (κ3) is 6.14. The molecular formula is C49H31N5S. The van der Waals surface area contributed by atoms with E-state index in [1.807, 2.05) is 73.1 Å². The molecule has 55 heavy (non-hydrogen) atoms. The highest BCUT2D eigenvalue weighted by molar-refractivity contribution is 7.24. The molecule has 258 valence electrons. The molecule has 0 atom stereocenters. The molecule has 5 nitrogen and oxygen atoms in total. The Bertz CT molecular complexity index is 2870. The van der Waals surface area contributed by atoms with Gasteiger partial charge in [-0.1, -0.05) is 140 Å². The average molecular weight is 722 g/mol. The third-order valence-corrected chi connectivity index (χ3v) is 11.1. The smallest absolute Gasteiger partial charge is 0.160 e. The van der Waals surface area contributed by atoms with Crippen LogP contribution in [0.3, 0.4) is 0 Å². The molecule has 0 radical (unpaired) electrons. The lowest BCUT2D eigenvalue weighted by Crippen LogP contribution is -1.95. The fraction of sp³-hybridized carbons (Fsp3) is 0. The first-order valence-electron chi connectivity index (χ1n) is 18.2. The summed E-state index contributed by atoms with van der Waals surface area (Å²) < 4.78 is 1.18. The number of aromatic nitrogens is 5. The van der Waals surface area contributed by atoms with Gasteiger partial charge >= 0.3 is 0 Å². The van der Waals surface area contributed by atoms with Crippen molar-refractivity contribution < 1.29 is 0 Å². The van der Waals surface area contributed by atoms with Gasteiger partial charge in [0, 0.05) is 55.7 Å². The molecule has 0 unspecified atom stereocenters. The Kier molecular flexibility index (Phi) is 8.28. The zero-order chi connectivity index (χ0) is 36.6. The molecule has 0 aliphatic carbocycles. The van der Waals surface area contributed by atoms with Gasteiger partial charge in [-0.3, -0.25) is 9.97 Å². The van der Waals surface area contributed by atoms with Crippen LogP contribution in [0, 0.1) is 0 Å². The van der Waals surface area contributed by atoms with Crippen LogP contribution in [0.4, 0.5) is 0 Å². The zero-order valence-corrected chi connectivity index (χ0v) is 30.4. The van der Waals surface area contributed by atoms with E-state index < -0.39 is 0 Å². The Morgan fingerprint density at radius 1 is 0.382 bits per heavy atom. The minimum absolute atomic E-state index is 0.706. The van der Waals surface area contributed by atoms with Crippen molar-refractivity contribution in [2.45, 2.75) is 0 Å². The van der Waals surface area contributed by atoms with E-state index in [9.17, 15) is 0 Å². The van der Waals surface area contributed by atoms with Gasteiger partial charge in [-0.05, 0) is 47.5 Å². The van der Waals surface area contributed by atoms with Gasteiger partial charge in [0.05, 0.1) is 38.9 Å². The maximum Gasteiger partial charge on any atom is 0.160 e. The number of benzene rings is 5. The molecule has 5 heterocycles. The Morgan fingerprint density at radius 2 is 0.909 bits per heavy atom. The number of pyridine rings is 3. The van der Waals surface area contributed by atoms with Gasteiger partial charge in [0.2, 0.25) is 0 Å². The van der Waals surface area contributed by atoms with Crippen LogP contribution < -0.4 is 0 Å². The summed E-state index contributed by atoms with van der Waals surface area (Å²) in [4.78, 5) is 26.0. The largest absolute Gasteiger partial charge is 0.256 e. The molecule has 0 bridgehead atoms. The van der Waals surface area contributed by atoms with Gasteiger partial charge in [-0.15, -0.1) is 11.3 Å². The number of rotatable bonds is 7. The van der Waals surface area contributed by atoms with Crippen molar-refractivity contribution >= 4 is 32.3 Å². The molecule has 5 aromatic heterocycles. The van der Waals surface area contributed by atoms with Crippen LogP contribution in [0.25, 0.3) is 99.1 Å². The maximum absolute atomic E-state index is 5.32. The standard InChI is InChI=1S/C49H31N5S/c1-3-13-34(14-4-1)42-31-43(54-49(53-42)37-15-5-2-6-16-37)35-25-21-32(22-26-35)33-23-27-36(28-24-33)46-45-44(40-19-9-11-29-50-40)48(41-20-10-12-30-51-41)55-47(45)38-17-7-8-18-39(38)52-46/h1-31H. The number of fused-ring (bicyclic) bond motifs is 3. The van der Waals surface area contributed by atoms with E-state index in [1.54, 1.807) is 11.3 Å². The second kappa shape index (κ2) is 14.0. The summed E-state index contributed by atoms with van der Waals surface area (Å²) in [5.41, 5.74) is 12.9. The molecule has 0 spiro atoms. The molecule has 0 aliphatic rings. The molecule has 6 heteroatoms. The quantitative estimate of drug-likeness (QED) is 0.164. The summed E-state index contributed by atoms with van der Waals surface area (Å²) in [5.74, 6) is 0.706. The second-order valence-corrected chi connectivity index (χ2v) is 14.3. The van der Waals surface area contributed by atoms with Gasteiger partial charge in [-0.2, -0.15) is 0 Å². The van der Waals surface area contributed by atoms with Gasteiger partial charge < -0.3 is 0 Å². The first-order chi connectivity index (χ1) is 27.3. The Labute approximate surface area is 322 Å². The second-order valence-electron chi connectivity index (χ2n) is 13.3. The predicted octanol–water partition coefficient (Wildman–Crippen LogP) is 12.7. The lowest BCUT2D eigenvalue weighted by atomic mass is 9.96. The fourth-order valence-corrected chi connectivity index (χ4v) is 8.47. The molecule has 5 aromatic carbocycles. The number of hydrogen-bond acceptors (Lipinski definition) is 6. The van der Waals surface area contributed by atoms with Crippen LogP contribution in [0.2, 0.25) is 0 Å². The summed E-state index contributed by atoms with van der Waals surface area (Å²) >= 11 is 1.76. The van der Waals surface area contributed by atoms with Gasteiger partial charge in [0.1, 0.15) is 0 Å². The highest BCUT2D eigenvalue weighted by Crippen LogP contribution is 2.49. The van der Waals surface area contributed by atoms with E-state index in [2.05, 4.69) is 115 Å². The fourth-order valence-electron chi connectivity index (χ4n) is 7.15. The van der Waals surface area contributed by atoms with Gasteiger partial charge in [0.15, 0.2) is 5.82 Å². The lowest BCUT2D eigenvalue weighted by molar-refractivity contribution is 1.18. The van der Waals surface area contributed by atoms with Crippen molar-refractivity contribution in [2.75, 3.05) is 0 Å². The van der Waals surface area contributed by atoms with E-state index in [-0.39, 0.29) is 0 Å². The first-order valence-corrected chi connectivity index (χ1v) is 19.0. The Balaban J connectivity index is 1.05. The topological polar surface area (TPSA) is 64.5 Å². The van der Waals surface area contributed by atoms with Crippen molar-refractivity contribution in [2.24, 2.45) is 0 Å². The van der Waals surface area contributed by atoms with E-state index in [0.717, 1.165) is 88.6 Å². The molecule has 10 aromatic rings. The summed E-state index contributed by atoms with van der Waals surface area (Å²) in [7, 11) is 0. The molecule has 0 saturated carbocycles. The molecular weight excluding hydrogens is 691 g/mol. The zero-order valence-electron chi connectivity index (χ0n) is 29.5. The minimum atomic E-state index is 0.706. The highest BCUT2D eigenvalue weighted by atomic mass is 32.1. The van der Waals surface area contributed by atoms with Crippen molar-refractivity contribution in [3.05, 3.63) is 188 Å². The van der Waals surface area contributed by atoms with Crippen molar-refractivity contribution in [3.8, 4) is 78.1 Å². The van der Waals surface area contributed by atoms with Crippen molar-refractivity contribution in [1.82, 2.24) is 24.9 Å². The Hall–Kier alpha value is -7.15. The molecule has 10 rings (SSSR count). The lowest BCUT2D eigenvalue weighted by Gasteiger charge is -2.11. The normalized spacial score (nSPS) is 11.3. The molecule has 0 amide bonds. The van der Waals surface area contributed by atoms with Gasteiger partial charge in [-0.25, -0.2) is 15.0 Å². The van der Waals surface area contributed by atoms with E-state index >= 15 is 0 Å². The molecule has 0 aliphatic heterocycles. The molecule has 0 N–H and O–H groups in total. The first kappa shape index (κ1) is 32.5. The van der Waals surface area contributed by atoms with Crippen LogP contribution in [0.1, 0.15) is 0 Å². The number of hydrogen-bond donors (Lipinski definition) is 0. The van der Waals surface area contributed by atoms with Crippen LogP contribution in [0.15, 0.2) is 188 Å². The van der Waals surface area contributed by atoms with Crippen LogP contribution in [0.5, 0.6) is 0 Å². The van der Waals surface area contributed by atoms with Crippen molar-refractivity contribution in [3.63, 3.8) is 0 Å². The monoisotopic (exact) mass is 721 g/mol. The summed E-state index contributed by atoms with van der Waals surface area (Å²) in [6, 6.07) is 60.4. The van der Waals surface area contributed by atoms with Gasteiger partial charge in [0.25, 0.3) is 0 Å². The average Bonchev–Trinajstić information content (AvgIpc) is 3.69. The van der Waals surface area contributed by atoms with E-state index in [1.165, 1.54) is 4.70 Å². The molecule has 0 saturated heterocycles. The number of para-hydroxylation sites is 1. The number of nitrogens with zero attached hydrogens (tertiary/aromatic N) is 5. The Morgan fingerprint density at radius 3 is 1.55 bits per heavy atom. The summed E-state index contributed by atoms with van der Waals surface area (Å²) in [6.07, 6.45) is 3.70. The van der Waals surface area contributed by atoms with Crippen molar-refractivity contribution in [1.29, 1.82) is 0 Å². The van der Waals surface area contributed by atoms with Crippen LogP contribution >= 0.6 is 11.3 Å². The molecule has 0 fully saturated rings. The minimum Gasteiger partial charge on any atom is -0.256 e. The van der Waals surface area contributed by atoms with Crippen LogP contribution in [-0.4, -0.2) is 24.9 Å². The van der Waals surface area contributed by atoms with Crippen LogP contribution in [-0.2, 0) is 0 Å². The maximum atomic E-state index is 5.32. The summed E-state index contributed by atoms with van der Waals surface area (Å²) in [5, 5.41) is 2.22. The van der Waals surface area contributed by atoms with E-state index in [4.69, 9.17) is 24.9 Å². The number of thiophene rings is 1. The predicted molar refractivity (Wildman–Crippen MR) is 226 cm³/mol. The summed E-state index contributed by atoms with van der Waals surface area (Å²) in [6.45, 7) is 0. The highest BCUT2D eigenvalue weighted by Gasteiger charge is 2.23.